The van der Waals surface area contributed by atoms with Crippen LogP contribution in [-0.2, 0) is 19.6 Å². The summed E-state index contributed by atoms with van der Waals surface area (Å²) in [5, 5.41) is 27.7. The van der Waals surface area contributed by atoms with Gasteiger partial charge in [-0.1, -0.05) is 62.8 Å². The molecule has 0 aliphatic carbocycles. The number of carboxylic acids is 1. The van der Waals surface area contributed by atoms with E-state index in [-0.39, 0.29) is 24.5 Å². The molecule has 2 aliphatic heterocycles. The summed E-state index contributed by atoms with van der Waals surface area (Å²) in [7, 11) is -3.83. The van der Waals surface area contributed by atoms with E-state index in [0.717, 1.165) is 73.6 Å². The number of unbranched alkanes of at least 4 members (excludes halogenated alkanes) is 7. The van der Waals surface area contributed by atoms with Crippen LogP contribution in [0.4, 0.5) is 5.69 Å². The maximum absolute atomic E-state index is 14.3. The second kappa shape index (κ2) is 15.7. The van der Waals surface area contributed by atoms with Crippen molar-refractivity contribution in [1.82, 2.24) is 0 Å². The number of aliphatic carboxylic acids is 1. The van der Waals surface area contributed by atoms with Crippen LogP contribution in [0.25, 0.3) is 11.1 Å². The molecule has 5 rings (SSSR count). The van der Waals surface area contributed by atoms with Crippen LogP contribution < -0.4 is 9.04 Å². The molecule has 0 spiro atoms. The summed E-state index contributed by atoms with van der Waals surface area (Å²) < 4.78 is 42.3. The van der Waals surface area contributed by atoms with E-state index in [4.69, 9.17) is 14.6 Å². The Kier molecular flexibility index (Phi) is 11.5. The van der Waals surface area contributed by atoms with Crippen molar-refractivity contribution < 1.29 is 38.0 Å². The molecule has 2 aliphatic rings. The van der Waals surface area contributed by atoms with Crippen LogP contribution in [0.15, 0.2) is 72.8 Å². The van der Waals surface area contributed by atoms with Gasteiger partial charge in [-0.3, -0.25) is 9.10 Å². The standard InChI is InChI=1S/C37H45NO8S/c1-2-38(28-16-22-31(23-17-28)45-24-10-8-6-4-3-5-7-9-11-34(41)42)47(43,44)33-25-32-35(26-12-18-29(39)19-13-26)36(37(33)46-32)27-14-20-30(40)21-15-27/h12-23,32-33,37,39-40H,2-11,24-25H2,1H3,(H,41,42)/t32-,33+,37+/m1/s1. The zero-order valence-corrected chi connectivity index (χ0v) is 27.7. The van der Waals surface area contributed by atoms with Crippen LogP contribution in [0.3, 0.4) is 0 Å². The van der Waals surface area contributed by atoms with Crippen LogP contribution in [0.2, 0.25) is 0 Å². The first-order valence-corrected chi connectivity index (χ1v) is 18.1. The van der Waals surface area contributed by atoms with Gasteiger partial charge in [-0.05, 0) is 97.0 Å². The predicted molar refractivity (Wildman–Crippen MR) is 183 cm³/mol. The van der Waals surface area contributed by atoms with E-state index < -0.39 is 33.5 Å². The minimum atomic E-state index is -3.83. The lowest BCUT2D eigenvalue weighted by molar-refractivity contribution is -0.137. The van der Waals surface area contributed by atoms with Crippen LogP contribution >= 0.6 is 0 Å². The van der Waals surface area contributed by atoms with Crippen LogP contribution in [0.1, 0.15) is 82.3 Å². The van der Waals surface area contributed by atoms with Gasteiger partial charge in [0.25, 0.3) is 0 Å². The number of aromatic hydroxyl groups is 2. The Morgan fingerprint density at radius 2 is 1.32 bits per heavy atom. The average molecular weight is 664 g/mol. The van der Waals surface area contributed by atoms with Crippen molar-refractivity contribution in [3.05, 3.63) is 83.9 Å². The molecule has 3 N–H and O–H groups in total. The highest BCUT2D eigenvalue weighted by Gasteiger charge is 2.54. The highest BCUT2D eigenvalue weighted by Crippen LogP contribution is 2.51. The van der Waals surface area contributed by atoms with Crippen molar-refractivity contribution in [2.75, 3.05) is 17.5 Å². The largest absolute Gasteiger partial charge is 0.508 e. The number of carboxylic acid groups (broad SMARTS) is 1. The molecule has 0 aromatic heterocycles. The number of nitrogens with zero attached hydrogens (tertiary/aromatic N) is 1. The zero-order valence-electron chi connectivity index (χ0n) is 26.9. The van der Waals surface area contributed by atoms with Crippen molar-refractivity contribution in [3.8, 4) is 17.2 Å². The molecule has 0 radical (unpaired) electrons. The van der Waals surface area contributed by atoms with E-state index in [0.29, 0.717) is 24.5 Å². The molecular formula is C37H45NO8S. The molecule has 0 amide bonds. The summed E-state index contributed by atoms with van der Waals surface area (Å²) in [5.74, 6) is 0.241. The Morgan fingerprint density at radius 1 is 0.787 bits per heavy atom. The minimum Gasteiger partial charge on any atom is -0.508 e. The van der Waals surface area contributed by atoms with Gasteiger partial charge in [-0.15, -0.1) is 0 Å². The summed E-state index contributed by atoms with van der Waals surface area (Å²) in [5.41, 5.74) is 3.92. The van der Waals surface area contributed by atoms with Gasteiger partial charge in [-0.25, -0.2) is 8.42 Å². The quantitative estimate of drug-likeness (QED) is 0.120. The highest BCUT2D eigenvalue weighted by molar-refractivity contribution is 7.93. The van der Waals surface area contributed by atoms with E-state index >= 15 is 0 Å². The lowest BCUT2D eigenvalue weighted by Crippen LogP contribution is -2.43. The lowest BCUT2D eigenvalue weighted by Gasteiger charge is -2.31. The molecule has 1 fully saturated rings. The van der Waals surface area contributed by atoms with Gasteiger partial charge >= 0.3 is 5.97 Å². The minimum absolute atomic E-state index is 0.122. The normalized spacial score (nSPS) is 18.9. The fourth-order valence-corrected chi connectivity index (χ4v) is 8.69. The van der Waals surface area contributed by atoms with E-state index in [1.165, 1.54) is 4.31 Å². The monoisotopic (exact) mass is 663 g/mol. The lowest BCUT2D eigenvalue weighted by atomic mass is 9.83. The van der Waals surface area contributed by atoms with Gasteiger partial charge in [0.2, 0.25) is 10.0 Å². The maximum Gasteiger partial charge on any atom is 0.303 e. The number of sulfonamides is 1. The highest BCUT2D eigenvalue weighted by atomic mass is 32.2. The smallest absolute Gasteiger partial charge is 0.303 e. The molecule has 9 nitrogen and oxygen atoms in total. The van der Waals surface area contributed by atoms with Crippen molar-refractivity contribution in [2.24, 2.45) is 0 Å². The molecule has 0 saturated carbocycles. The van der Waals surface area contributed by atoms with Crippen molar-refractivity contribution in [2.45, 2.75) is 88.6 Å². The number of fused-ring (bicyclic) bond motifs is 2. The number of anilines is 1. The van der Waals surface area contributed by atoms with Crippen molar-refractivity contribution in [1.29, 1.82) is 0 Å². The molecule has 10 heteroatoms. The molecule has 3 aromatic rings. The Morgan fingerprint density at radius 3 is 1.87 bits per heavy atom. The van der Waals surface area contributed by atoms with Crippen LogP contribution in [0, 0.1) is 0 Å². The molecule has 252 valence electrons. The van der Waals surface area contributed by atoms with Crippen LogP contribution in [0.5, 0.6) is 17.2 Å². The van der Waals surface area contributed by atoms with E-state index in [1.807, 2.05) is 31.2 Å². The molecule has 2 bridgehead atoms. The number of phenols is 2. The Labute approximate surface area is 277 Å². The third kappa shape index (κ3) is 8.29. The summed E-state index contributed by atoms with van der Waals surface area (Å²) >= 11 is 0. The first kappa shape index (κ1) is 34.3. The average Bonchev–Trinajstić information content (AvgIpc) is 3.65. The fraction of sp³-hybridized carbons (Fsp3) is 0.432. The maximum atomic E-state index is 14.3. The molecule has 2 heterocycles. The number of rotatable bonds is 18. The molecule has 1 saturated heterocycles. The van der Waals surface area contributed by atoms with Gasteiger partial charge in [0.15, 0.2) is 0 Å². The number of ether oxygens (including phenoxy) is 2. The Balaban J connectivity index is 1.20. The first-order chi connectivity index (χ1) is 22.7. The topological polar surface area (TPSA) is 134 Å². The van der Waals surface area contributed by atoms with E-state index in [9.17, 15) is 23.4 Å². The number of hydrogen-bond acceptors (Lipinski definition) is 7. The van der Waals surface area contributed by atoms with Crippen molar-refractivity contribution >= 4 is 32.8 Å². The number of carbonyl (C=O) groups is 1. The zero-order chi connectivity index (χ0) is 33.4. The third-order valence-corrected chi connectivity index (χ3v) is 11.3. The summed E-state index contributed by atoms with van der Waals surface area (Å²) in [4.78, 5) is 10.6. The molecule has 47 heavy (non-hydrogen) atoms. The second-order valence-corrected chi connectivity index (χ2v) is 14.3. The summed E-state index contributed by atoms with van der Waals surface area (Å²) in [6.07, 6.45) is 7.64. The first-order valence-electron chi connectivity index (χ1n) is 16.6. The second-order valence-electron chi connectivity index (χ2n) is 12.3. The van der Waals surface area contributed by atoms with Gasteiger partial charge in [-0.2, -0.15) is 0 Å². The molecule has 3 atom stereocenters. The Hall–Kier alpha value is -4.02. The molecule has 3 aromatic carbocycles. The number of hydrogen-bond donors (Lipinski definition) is 3. The van der Waals surface area contributed by atoms with Gasteiger partial charge < -0.3 is 24.8 Å². The molecule has 0 unspecified atom stereocenters. The van der Waals surface area contributed by atoms with Crippen LogP contribution in [-0.4, -0.2) is 60.3 Å². The van der Waals surface area contributed by atoms with Gasteiger partial charge in [0.1, 0.15) is 28.6 Å². The van der Waals surface area contributed by atoms with Crippen molar-refractivity contribution in [3.63, 3.8) is 0 Å². The summed E-state index contributed by atoms with van der Waals surface area (Å²) in [6, 6.07) is 20.8. The van der Waals surface area contributed by atoms with Gasteiger partial charge in [0.05, 0.1) is 18.4 Å². The van der Waals surface area contributed by atoms with E-state index in [2.05, 4.69) is 0 Å². The summed E-state index contributed by atoms with van der Waals surface area (Å²) in [6.45, 7) is 2.68. The Bertz CT molecular complexity index is 1620. The van der Waals surface area contributed by atoms with E-state index in [1.54, 1.807) is 48.5 Å². The fourth-order valence-electron chi connectivity index (χ4n) is 6.65. The molecular weight excluding hydrogens is 618 g/mol. The predicted octanol–water partition coefficient (Wildman–Crippen LogP) is 7.38. The number of phenolic OH excluding ortho intramolecular Hbond substituents is 2. The third-order valence-electron chi connectivity index (χ3n) is 9.00. The number of benzene rings is 3. The SMILES string of the molecule is CCN(c1ccc(OCCCCCCCCCCC(=O)O)cc1)S(=O)(=O)[C@H]1C[C@H]2O[C@@H]1C(c1ccc(O)cc1)=C2c1ccc(O)cc1. The van der Waals surface area contributed by atoms with Gasteiger partial charge in [0, 0.05) is 13.0 Å².